The Hall–Kier alpha value is -0.330. The predicted octanol–water partition coefficient (Wildman–Crippen LogP) is 7.82. The zero-order valence-electron chi connectivity index (χ0n) is 18.5. The minimum Gasteiger partial charge on any atom is -0.299 e. The molecular formula is C25H46O. The summed E-state index contributed by atoms with van der Waals surface area (Å²) in [7, 11) is 0. The third-order valence-electron chi connectivity index (χ3n) is 8.59. The van der Waals surface area contributed by atoms with E-state index in [9.17, 15) is 4.79 Å². The van der Waals surface area contributed by atoms with Gasteiger partial charge in [0.2, 0.25) is 0 Å². The first-order chi connectivity index (χ1) is 12.5. The fraction of sp³-hybridized carbons (Fsp3) is 0.960. The van der Waals surface area contributed by atoms with E-state index in [0.717, 1.165) is 24.2 Å². The summed E-state index contributed by atoms with van der Waals surface area (Å²) in [4.78, 5) is 12.4. The Morgan fingerprint density at radius 1 is 0.923 bits per heavy atom. The second kappa shape index (κ2) is 10.3. The second-order valence-electron chi connectivity index (χ2n) is 9.76. The molecule has 152 valence electrons. The van der Waals surface area contributed by atoms with E-state index in [-0.39, 0.29) is 0 Å². The SMILES string of the molecule is CCCCC1(C)C(CC)CCC(CC)C1CCC1CCCC1C(=O)CC. The van der Waals surface area contributed by atoms with Crippen molar-refractivity contribution in [2.24, 2.45) is 35.0 Å². The molecule has 1 heteroatoms. The summed E-state index contributed by atoms with van der Waals surface area (Å²) in [5, 5.41) is 0. The molecule has 0 heterocycles. The zero-order chi connectivity index (χ0) is 19.2. The van der Waals surface area contributed by atoms with Crippen LogP contribution in [0.3, 0.4) is 0 Å². The maximum Gasteiger partial charge on any atom is 0.135 e. The molecular weight excluding hydrogens is 316 g/mol. The molecule has 0 aromatic heterocycles. The first-order valence-electron chi connectivity index (χ1n) is 12.0. The number of Topliss-reactive ketones (excluding diaryl/α,β-unsaturated/α-hetero) is 1. The van der Waals surface area contributed by atoms with Crippen LogP contribution < -0.4 is 0 Å². The van der Waals surface area contributed by atoms with Gasteiger partial charge in [0.05, 0.1) is 0 Å². The Labute approximate surface area is 164 Å². The van der Waals surface area contributed by atoms with Gasteiger partial charge in [-0.15, -0.1) is 0 Å². The Balaban J connectivity index is 2.11. The van der Waals surface area contributed by atoms with Crippen molar-refractivity contribution in [3.8, 4) is 0 Å². The predicted molar refractivity (Wildman–Crippen MR) is 113 cm³/mol. The fourth-order valence-electron chi connectivity index (χ4n) is 6.92. The van der Waals surface area contributed by atoms with Gasteiger partial charge in [0.15, 0.2) is 0 Å². The number of hydrogen-bond donors (Lipinski definition) is 0. The van der Waals surface area contributed by atoms with Crippen LogP contribution in [0.2, 0.25) is 0 Å². The highest BCUT2D eigenvalue weighted by molar-refractivity contribution is 5.81. The Bertz CT molecular complexity index is 428. The highest BCUT2D eigenvalue weighted by Crippen LogP contribution is 2.55. The molecule has 6 unspecified atom stereocenters. The Morgan fingerprint density at radius 2 is 1.69 bits per heavy atom. The van der Waals surface area contributed by atoms with Crippen LogP contribution in [0.4, 0.5) is 0 Å². The van der Waals surface area contributed by atoms with Crippen molar-refractivity contribution in [3.63, 3.8) is 0 Å². The minimum absolute atomic E-state index is 0.396. The van der Waals surface area contributed by atoms with Gasteiger partial charge in [-0.2, -0.15) is 0 Å². The number of carbonyl (C=O) groups is 1. The molecule has 0 radical (unpaired) electrons. The lowest BCUT2D eigenvalue weighted by molar-refractivity contribution is -0.123. The van der Waals surface area contributed by atoms with Crippen LogP contribution >= 0.6 is 0 Å². The third-order valence-corrected chi connectivity index (χ3v) is 8.59. The first kappa shape index (κ1) is 22.0. The van der Waals surface area contributed by atoms with E-state index in [1.54, 1.807) is 0 Å². The quantitative estimate of drug-likeness (QED) is 0.387. The van der Waals surface area contributed by atoms with E-state index in [1.807, 2.05) is 0 Å². The molecule has 0 bridgehead atoms. The van der Waals surface area contributed by atoms with E-state index < -0.39 is 0 Å². The van der Waals surface area contributed by atoms with Crippen LogP contribution in [0.25, 0.3) is 0 Å². The average molecular weight is 363 g/mol. The van der Waals surface area contributed by atoms with Crippen LogP contribution in [0, 0.1) is 35.0 Å². The van der Waals surface area contributed by atoms with Gasteiger partial charge in [-0.1, -0.05) is 66.7 Å². The molecule has 2 aliphatic rings. The number of rotatable bonds is 10. The zero-order valence-corrected chi connectivity index (χ0v) is 18.5. The van der Waals surface area contributed by atoms with Crippen LogP contribution in [-0.4, -0.2) is 5.78 Å². The van der Waals surface area contributed by atoms with Crippen molar-refractivity contribution in [3.05, 3.63) is 0 Å². The summed E-state index contributed by atoms with van der Waals surface area (Å²) in [5.74, 6) is 4.35. The molecule has 1 nitrogen and oxygen atoms in total. The lowest BCUT2D eigenvalue weighted by Crippen LogP contribution is -2.43. The van der Waals surface area contributed by atoms with Crippen LogP contribution in [-0.2, 0) is 4.79 Å². The van der Waals surface area contributed by atoms with Gasteiger partial charge in [0, 0.05) is 12.3 Å². The summed E-state index contributed by atoms with van der Waals surface area (Å²) < 4.78 is 0. The van der Waals surface area contributed by atoms with E-state index in [2.05, 4.69) is 34.6 Å². The van der Waals surface area contributed by atoms with E-state index in [0.29, 0.717) is 23.0 Å². The van der Waals surface area contributed by atoms with E-state index in [1.165, 1.54) is 77.0 Å². The normalized spacial score (nSPS) is 37.8. The van der Waals surface area contributed by atoms with Crippen molar-refractivity contribution in [2.45, 2.75) is 118 Å². The smallest absolute Gasteiger partial charge is 0.135 e. The monoisotopic (exact) mass is 362 g/mol. The summed E-state index contributed by atoms with van der Waals surface area (Å²) in [6.07, 6.45) is 16.9. The standard InChI is InChI=1S/C25H46O/c1-6-10-18-25(5)21(8-3)16-14-19(7-2)23(25)17-15-20-12-11-13-22(20)24(26)9-4/h19-23H,6-18H2,1-5H3. The van der Waals surface area contributed by atoms with Gasteiger partial charge in [0.1, 0.15) is 5.78 Å². The maximum absolute atomic E-state index is 12.4. The Kier molecular flexibility index (Phi) is 8.68. The number of carbonyl (C=O) groups excluding carboxylic acids is 1. The average Bonchev–Trinajstić information content (AvgIpc) is 3.13. The van der Waals surface area contributed by atoms with Crippen LogP contribution in [0.1, 0.15) is 118 Å². The van der Waals surface area contributed by atoms with Crippen molar-refractivity contribution in [1.82, 2.24) is 0 Å². The lowest BCUT2D eigenvalue weighted by Gasteiger charge is -2.52. The molecule has 6 atom stereocenters. The summed E-state index contributed by atoms with van der Waals surface area (Å²) in [5.41, 5.74) is 0.534. The van der Waals surface area contributed by atoms with Crippen molar-refractivity contribution in [1.29, 1.82) is 0 Å². The summed E-state index contributed by atoms with van der Waals surface area (Å²) in [6, 6.07) is 0. The van der Waals surface area contributed by atoms with Crippen LogP contribution in [0.15, 0.2) is 0 Å². The first-order valence-corrected chi connectivity index (χ1v) is 12.0. The van der Waals surface area contributed by atoms with Gasteiger partial charge in [-0.05, 0) is 74.0 Å². The highest BCUT2D eigenvalue weighted by atomic mass is 16.1. The molecule has 2 aliphatic carbocycles. The summed E-state index contributed by atoms with van der Waals surface area (Å²) >= 11 is 0. The van der Waals surface area contributed by atoms with E-state index >= 15 is 0 Å². The maximum atomic E-state index is 12.4. The molecule has 0 N–H and O–H groups in total. The van der Waals surface area contributed by atoms with Gasteiger partial charge in [-0.25, -0.2) is 0 Å². The Morgan fingerprint density at radius 3 is 2.31 bits per heavy atom. The molecule has 0 amide bonds. The fourth-order valence-corrected chi connectivity index (χ4v) is 6.92. The molecule has 0 aliphatic heterocycles. The number of unbranched alkanes of at least 4 members (excludes halogenated alkanes) is 1. The molecule has 0 spiro atoms. The molecule has 0 saturated heterocycles. The molecule has 0 aromatic carbocycles. The van der Waals surface area contributed by atoms with Gasteiger partial charge < -0.3 is 0 Å². The van der Waals surface area contributed by atoms with E-state index in [4.69, 9.17) is 0 Å². The van der Waals surface area contributed by atoms with Crippen molar-refractivity contribution < 1.29 is 4.79 Å². The molecule has 2 rings (SSSR count). The number of ketones is 1. The van der Waals surface area contributed by atoms with Gasteiger partial charge in [-0.3, -0.25) is 4.79 Å². The highest BCUT2D eigenvalue weighted by Gasteiger charge is 2.46. The molecule has 0 aromatic rings. The van der Waals surface area contributed by atoms with Gasteiger partial charge in [0.25, 0.3) is 0 Å². The minimum atomic E-state index is 0.396. The topological polar surface area (TPSA) is 17.1 Å². The molecule has 26 heavy (non-hydrogen) atoms. The third kappa shape index (κ3) is 4.74. The van der Waals surface area contributed by atoms with Crippen molar-refractivity contribution >= 4 is 5.78 Å². The molecule has 2 saturated carbocycles. The number of hydrogen-bond acceptors (Lipinski definition) is 1. The molecule has 2 fully saturated rings. The lowest BCUT2D eigenvalue weighted by atomic mass is 9.53. The largest absolute Gasteiger partial charge is 0.299 e. The van der Waals surface area contributed by atoms with Gasteiger partial charge >= 0.3 is 0 Å². The second-order valence-corrected chi connectivity index (χ2v) is 9.76. The summed E-state index contributed by atoms with van der Waals surface area (Å²) in [6.45, 7) is 11.9. The van der Waals surface area contributed by atoms with Crippen LogP contribution in [0.5, 0.6) is 0 Å². The van der Waals surface area contributed by atoms with Crippen molar-refractivity contribution in [2.75, 3.05) is 0 Å².